The van der Waals surface area contributed by atoms with Gasteiger partial charge in [-0.05, 0) is 67.3 Å². The molecule has 6 heteroatoms. The highest BCUT2D eigenvalue weighted by Gasteiger charge is 2.27. The van der Waals surface area contributed by atoms with Crippen molar-refractivity contribution in [3.8, 4) is 0 Å². The minimum Gasteiger partial charge on any atom is -0.352 e. The van der Waals surface area contributed by atoms with Crippen LogP contribution in [-0.2, 0) is 16.4 Å². The molecule has 1 fully saturated rings. The number of nitrogens with zero attached hydrogens (tertiary/aromatic N) is 1. The molecule has 1 N–H and O–H groups in total. The van der Waals surface area contributed by atoms with Crippen molar-refractivity contribution in [3.63, 3.8) is 0 Å². The maximum Gasteiger partial charge on any atom is 0.251 e. The van der Waals surface area contributed by atoms with Crippen LogP contribution in [0.3, 0.4) is 0 Å². The third-order valence-electron chi connectivity index (χ3n) is 5.98. The molecule has 3 rings (SSSR count). The monoisotopic (exact) mass is 442 g/mol. The first-order valence-corrected chi connectivity index (χ1v) is 12.7. The Bertz CT molecular complexity index is 992. The van der Waals surface area contributed by atoms with Gasteiger partial charge in [-0.15, -0.1) is 0 Å². The number of hydrogen-bond donors (Lipinski definition) is 1. The Morgan fingerprint density at radius 1 is 1.03 bits per heavy atom. The Morgan fingerprint density at radius 3 is 2.35 bits per heavy atom. The zero-order valence-corrected chi connectivity index (χ0v) is 19.7. The number of nitrogens with one attached hydrogen (secondary N) is 1. The normalized spacial score (nSPS) is 15.2. The van der Waals surface area contributed by atoms with Crippen molar-refractivity contribution in [2.75, 3.05) is 19.6 Å². The lowest BCUT2D eigenvalue weighted by Crippen LogP contribution is -2.35. The minimum absolute atomic E-state index is 0.204. The van der Waals surface area contributed by atoms with Gasteiger partial charge in [-0.1, -0.05) is 50.6 Å². The number of sulfonamides is 1. The Balaban J connectivity index is 1.59. The Kier molecular flexibility index (Phi) is 7.89. The Labute approximate surface area is 186 Å². The second kappa shape index (κ2) is 10.4. The second-order valence-corrected chi connectivity index (χ2v) is 10.6. The molecule has 1 amide bonds. The van der Waals surface area contributed by atoms with Gasteiger partial charge in [0.05, 0.1) is 4.90 Å². The SMILES string of the molecule is Cc1ccc(S(=O)(=O)N2CCCCC2)cc1C(=O)NCCCc1ccc(C(C)C)cc1. The quantitative estimate of drug-likeness (QED) is 0.605. The predicted octanol–water partition coefficient (Wildman–Crippen LogP) is 4.66. The fourth-order valence-electron chi connectivity index (χ4n) is 3.92. The number of rotatable bonds is 8. The molecule has 1 aliphatic heterocycles. The molecule has 1 aliphatic rings. The van der Waals surface area contributed by atoms with Crippen LogP contribution in [0.2, 0.25) is 0 Å². The standard InChI is InChI=1S/C25H34N2O3S/c1-19(2)22-12-10-21(11-13-22)8-7-15-26-25(28)24-18-23(14-9-20(24)3)31(29,30)27-16-5-4-6-17-27/h9-14,18-19H,4-8,15-17H2,1-3H3,(H,26,28). The highest BCUT2D eigenvalue weighted by molar-refractivity contribution is 7.89. The van der Waals surface area contributed by atoms with Gasteiger partial charge in [-0.2, -0.15) is 4.31 Å². The zero-order chi connectivity index (χ0) is 22.4. The first-order chi connectivity index (χ1) is 14.8. The van der Waals surface area contributed by atoms with Gasteiger partial charge in [0.15, 0.2) is 0 Å². The Hall–Kier alpha value is -2.18. The molecule has 1 heterocycles. The van der Waals surface area contributed by atoms with E-state index in [1.165, 1.54) is 21.5 Å². The maximum absolute atomic E-state index is 13.0. The van der Waals surface area contributed by atoms with Gasteiger partial charge in [-0.3, -0.25) is 4.79 Å². The molecule has 0 unspecified atom stereocenters. The van der Waals surface area contributed by atoms with Crippen LogP contribution in [0.4, 0.5) is 0 Å². The molecule has 0 atom stereocenters. The van der Waals surface area contributed by atoms with Crippen LogP contribution >= 0.6 is 0 Å². The summed E-state index contributed by atoms with van der Waals surface area (Å²) in [6.07, 6.45) is 4.56. The fraction of sp³-hybridized carbons (Fsp3) is 0.480. The molecule has 0 aliphatic carbocycles. The van der Waals surface area contributed by atoms with Crippen LogP contribution in [0.15, 0.2) is 47.4 Å². The fourth-order valence-corrected chi connectivity index (χ4v) is 5.46. The molecule has 2 aromatic rings. The van der Waals surface area contributed by atoms with E-state index in [9.17, 15) is 13.2 Å². The van der Waals surface area contributed by atoms with Gasteiger partial charge in [0.1, 0.15) is 0 Å². The summed E-state index contributed by atoms with van der Waals surface area (Å²) in [7, 11) is -3.55. The van der Waals surface area contributed by atoms with Crippen LogP contribution in [0.25, 0.3) is 0 Å². The summed E-state index contributed by atoms with van der Waals surface area (Å²) in [4.78, 5) is 12.9. The summed E-state index contributed by atoms with van der Waals surface area (Å²) in [5.41, 5.74) is 3.79. The summed E-state index contributed by atoms with van der Waals surface area (Å²) >= 11 is 0. The summed E-state index contributed by atoms with van der Waals surface area (Å²) in [6.45, 7) is 7.85. The van der Waals surface area contributed by atoms with Crippen LogP contribution in [0.5, 0.6) is 0 Å². The van der Waals surface area contributed by atoms with Crippen molar-refractivity contribution < 1.29 is 13.2 Å². The van der Waals surface area contributed by atoms with Crippen molar-refractivity contribution in [3.05, 3.63) is 64.7 Å². The third kappa shape index (κ3) is 5.95. The van der Waals surface area contributed by atoms with Crippen LogP contribution in [-0.4, -0.2) is 38.3 Å². The van der Waals surface area contributed by atoms with Gasteiger partial charge in [0.2, 0.25) is 10.0 Å². The van der Waals surface area contributed by atoms with E-state index in [1.807, 2.05) is 6.92 Å². The van der Waals surface area contributed by atoms with Crippen molar-refractivity contribution in [1.82, 2.24) is 9.62 Å². The number of amides is 1. The number of carbonyl (C=O) groups is 1. The lowest BCUT2D eigenvalue weighted by Gasteiger charge is -2.26. The van der Waals surface area contributed by atoms with E-state index < -0.39 is 10.0 Å². The van der Waals surface area contributed by atoms with E-state index in [1.54, 1.807) is 12.1 Å². The number of aryl methyl sites for hydroxylation is 2. The molecule has 0 saturated carbocycles. The molecule has 0 radical (unpaired) electrons. The highest BCUT2D eigenvalue weighted by atomic mass is 32.2. The molecular formula is C25H34N2O3S. The lowest BCUT2D eigenvalue weighted by molar-refractivity contribution is 0.0952. The number of piperidine rings is 1. The lowest BCUT2D eigenvalue weighted by atomic mass is 10.0. The van der Waals surface area contributed by atoms with Crippen molar-refractivity contribution in [1.29, 1.82) is 0 Å². The molecule has 0 spiro atoms. The van der Waals surface area contributed by atoms with Crippen LogP contribution < -0.4 is 5.32 Å². The van der Waals surface area contributed by atoms with E-state index in [-0.39, 0.29) is 10.8 Å². The summed E-state index contributed by atoms with van der Waals surface area (Å²) < 4.78 is 27.4. The number of hydrogen-bond acceptors (Lipinski definition) is 3. The molecule has 0 bridgehead atoms. The number of benzene rings is 2. The zero-order valence-electron chi connectivity index (χ0n) is 18.9. The minimum atomic E-state index is -3.55. The van der Waals surface area contributed by atoms with Crippen molar-refractivity contribution in [2.45, 2.75) is 63.7 Å². The van der Waals surface area contributed by atoms with Gasteiger partial charge in [-0.25, -0.2) is 8.42 Å². The first-order valence-electron chi connectivity index (χ1n) is 11.3. The van der Waals surface area contributed by atoms with Gasteiger partial charge in [0, 0.05) is 25.2 Å². The van der Waals surface area contributed by atoms with Crippen molar-refractivity contribution in [2.24, 2.45) is 0 Å². The smallest absolute Gasteiger partial charge is 0.251 e. The van der Waals surface area contributed by atoms with E-state index >= 15 is 0 Å². The Morgan fingerprint density at radius 2 is 1.71 bits per heavy atom. The van der Waals surface area contributed by atoms with E-state index in [0.29, 0.717) is 31.1 Å². The van der Waals surface area contributed by atoms with E-state index in [0.717, 1.165) is 37.7 Å². The van der Waals surface area contributed by atoms with Gasteiger partial charge >= 0.3 is 0 Å². The summed E-state index contributed by atoms with van der Waals surface area (Å²) in [6, 6.07) is 13.5. The average Bonchev–Trinajstić information content (AvgIpc) is 2.77. The summed E-state index contributed by atoms with van der Waals surface area (Å²) in [5, 5.41) is 2.95. The molecule has 5 nitrogen and oxygen atoms in total. The molecule has 31 heavy (non-hydrogen) atoms. The van der Waals surface area contributed by atoms with E-state index in [4.69, 9.17) is 0 Å². The van der Waals surface area contributed by atoms with Crippen LogP contribution in [0, 0.1) is 6.92 Å². The average molecular weight is 443 g/mol. The number of carbonyl (C=O) groups excluding carboxylic acids is 1. The van der Waals surface area contributed by atoms with E-state index in [2.05, 4.69) is 43.4 Å². The second-order valence-electron chi connectivity index (χ2n) is 8.70. The van der Waals surface area contributed by atoms with Crippen LogP contribution in [0.1, 0.15) is 72.5 Å². The molecule has 168 valence electrons. The predicted molar refractivity (Wildman–Crippen MR) is 125 cm³/mol. The third-order valence-corrected chi connectivity index (χ3v) is 7.88. The molecular weight excluding hydrogens is 408 g/mol. The molecule has 1 saturated heterocycles. The summed E-state index contributed by atoms with van der Waals surface area (Å²) in [5.74, 6) is 0.300. The largest absolute Gasteiger partial charge is 0.352 e. The van der Waals surface area contributed by atoms with Gasteiger partial charge < -0.3 is 5.32 Å². The highest BCUT2D eigenvalue weighted by Crippen LogP contribution is 2.23. The van der Waals surface area contributed by atoms with Gasteiger partial charge in [0.25, 0.3) is 5.91 Å². The van der Waals surface area contributed by atoms with Crippen molar-refractivity contribution >= 4 is 15.9 Å². The molecule has 2 aromatic carbocycles. The maximum atomic E-state index is 13.0. The molecule has 0 aromatic heterocycles. The topological polar surface area (TPSA) is 66.5 Å². The first kappa shape index (κ1) is 23.5.